The van der Waals surface area contributed by atoms with Gasteiger partial charge in [-0.15, -0.1) is 0 Å². The average molecular weight is 148 g/mol. The van der Waals surface area contributed by atoms with E-state index in [2.05, 4.69) is 15.3 Å². The van der Waals surface area contributed by atoms with Gasteiger partial charge < -0.3 is 11.1 Å². The minimum absolute atomic E-state index is 0.329. The lowest BCUT2D eigenvalue weighted by molar-refractivity contribution is 0.839. The zero-order chi connectivity index (χ0) is 7.68. The molecule has 0 saturated carbocycles. The van der Waals surface area contributed by atoms with Gasteiger partial charge in [0.15, 0.2) is 0 Å². The SMILES string of the molecule is Nc1ncc2c(n1)C=CNC2. The fourth-order valence-electron chi connectivity index (χ4n) is 1.02. The number of hydrogen-bond donors (Lipinski definition) is 2. The van der Waals surface area contributed by atoms with E-state index in [0.717, 1.165) is 17.8 Å². The summed E-state index contributed by atoms with van der Waals surface area (Å²) >= 11 is 0. The van der Waals surface area contributed by atoms with E-state index in [1.54, 1.807) is 6.20 Å². The van der Waals surface area contributed by atoms with Gasteiger partial charge in [-0.3, -0.25) is 0 Å². The van der Waals surface area contributed by atoms with Crippen molar-refractivity contribution in [3.63, 3.8) is 0 Å². The highest BCUT2D eigenvalue weighted by atomic mass is 15.0. The summed E-state index contributed by atoms with van der Waals surface area (Å²) in [6.45, 7) is 0.784. The predicted molar refractivity (Wildman–Crippen MR) is 42.3 cm³/mol. The minimum atomic E-state index is 0.329. The van der Waals surface area contributed by atoms with Crippen LogP contribution in [0.25, 0.3) is 6.08 Å². The number of hydrogen-bond acceptors (Lipinski definition) is 4. The maximum Gasteiger partial charge on any atom is 0.220 e. The third-order valence-corrected chi connectivity index (χ3v) is 1.57. The van der Waals surface area contributed by atoms with Gasteiger partial charge in [-0.2, -0.15) is 0 Å². The lowest BCUT2D eigenvalue weighted by atomic mass is 10.2. The van der Waals surface area contributed by atoms with Crippen LogP contribution >= 0.6 is 0 Å². The smallest absolute Gasteiger partial charge is 0.220 e. The van der Waals surface area contributed by atoms with E-state index in [4.69, 9.17) is 5.73 Å². The molecule has 0 fully saturated rings. The highest BCUT2D eigenvalue weighted by molar-refractivity contribution is 5.51. The van der Waals surface area contributed by atoms with Gasteiger partial charge in [-0.25, -0.2) is 9.97 Å². The number of aromatic nitrogens is 2. The molecule has 0 spiro atoms. The molecule has 0 aromatic carbocycles. The monoisotopic (exact) mass is 148 g/mol. The van der Waals surface area contributed by atoms with Crippen LogP contribution < -0.4 is 11.1 Å². The Morgan fingerprint density at radius 3 is 3.36 bits per heavy atom. The van der Waals surface area contributed by atoms with Gasteiger partial charge in [0.05, 0.1) is 5.69 Å². The van der Waals surface area contributed by atoms with E-state index in [-0.39, 0.29) is 0 Å². The lowest BCUT2D eigenvalue weighted by Gasteiger charge is -2.09. The first-order chi connectivity index (χ1) is 5.36. The van der Waals surface area contributed by atoms with Gasteiger partial charge in [0.25, 0.3) is 0 Å². The summed E-state index contributed by atoms with van der Waals surface area (Å²) in [6.07, 6.45) is 5.49. The van der Waals surface area contributed by atoms with Gasteiger partial charge in [-0.1, -0.05) is 0 Å². The van der Waals surface area contributed by atoms with E-state index in [0.29, 0.717) is 5.95 Å². The molecule has 0 amide bonds. The Labute approximate surface area is 64.2 Å². The van der Waals surface area contributed by atoms with Gasteiger partial charge in [0.1, 0.15) is 0 Å². The molecular formula is C7H8N4. The van der Waals surface area contributed by atoms with Crippen molar-refractivity contribution in [3.8, 4) is 0 Å². The van der Waals surface area contributed by atoms with Crippen molar-refractivity contribution >= 4 is 12.0 Å². The summed E-state index contributed by atoms with van der Waals surface area (Å²) in [4.78, 5) is 7.94. The van der Waals surface area contributed by atoms with E-state index >= 15 is 0 Å². The largest absolute Gasteiger partial charge is 0.387 e. The number of nitrogen functional groups attached to an aromatic ring is 1. The Bertz CT molecular complexity index is 305. The lowest BCUT2D eigenvalue weighted by Crippen LogP contribution is -2.12. The van der Waals surface area contributed by atoms with Gasteiger partial charge >= 0.3 is 0 Å². The molecule has 1 aliphatic rings. The van der Waals surface area contributed by atoms with Crippen LogP contribution in [0.2, 0.25) is 0 Å². The van der Waals surface area contributed by atoms with Crippen LogP contribution in [0, 0.1) is 0 Å². The molecule has 1 aliphatic heterocycles. The first-order valence-electron chi connectivity index (χ1n) is 3.37. The first-order valence-corrected chi connectivity index (χ1v) is 3.37. The van der Waals surface area contributed by atoms with Crippen LogP contribution in [0.3, 0.4) is 0 Å². The number of anilines is 1. The zero-order valence-electron chi connectivity index (χ0n) is 5.91. The molecule has 1 aromatic rings. The Balaban J connectivity index is 2.54. The second kappa shape index (κ2) is 2.23. The third kappa shape index (κ3) is 1.02. The number of rotatable bonds is 0. The van der Waals surface area contributed by atoms with Crippen molar-refractivity contribution in [2.45, 2.75) is 6.54 Å². The van der Waals surface area contributed by atoms with Crippen LogP contribution in [-0.4, -0.2) is 9.97 Å². The topological polar surface area (TPSA) is 63.8 Å². The van der Waals surface area contributed by atoms with Crippen LogP contribution in [-0.2, 0) is 6.54 Å². The Kier molecular flexibility index (Phi) is 1.25. The predicted octanol–water partition coefficient (Wildman–Crippen LogP) is 0.133. The number of nitrogens with two attached hydrogens (primary N) is 1. The number of nitrogens with one attached hydrogen (secondary N) is 1. The van der Waals surface area contributed by atoms with E-state index < -0.39 is 0 Å². The van der Waals surface area contributed by atoms with Crippen molar-refractivity contribution < 1.29 is 0 Å². The Hall–Kier alpha value is -1.58. The highest BCUT2D eigenvalue weighted by Crippen LogP contribution is 2.10. The third-order valence-electron chi connectivity index (χ3n) is 1.57. The molecule has 0 atom stereocenters. The Morgan fingerprint density at radius 2 is 2.45 bits per heavy atom. The van der Waals surface area contributed by atoms with Crippen molar-refractivity contribution in [1.82, 2.24) is 15.3 Å². The number of fused-ring (bicyclic) bond motifs is 1. The van der Waals surface area contributed by atoms with E-state index in [1.807, 2.05) is 12.3 Å². The van der Waals surface area contributed by atoms with Gasteiger partial charge in [-0.05, 0) is 12.3 Å². The fourth-order valence-corrected chi connectivity index (χ4v) is 1.02. The van der Waals surface area contributed by atoms with Crippen LogP contribution in [0.5, 0.6) is 0 Å². The minimum Gasteiger partial charge on any atom is -0.387 e. The second-order valence-corrected chi connectivity index (χ2v) is 2.35. The van der Waals surface area contributed by atoms with Crippen LogP contribution in [0.1, 0.15) is 11.3 Å². The molecule has 2 rings (SSSR count). The van der Waals surface area contributed by atoms with Gasteiger partial charge in [0.2, 0.25) is 5.95 Å². The van der Waals surface area contributed by atoms with Crippen molar-refractivity contribution in [2.24, 2.45) is 0 Å². The molecule has 0 saturated heterocycles. The van der Waals surface area contributed by atoms with Crippen LogP contribution in [0.15, 0.2) is 12.4 Å². The maximum atomic E-state index is 5.41. The second-order valence-electron chi connectivity index (χ2n) is 2.35. The molecule has 56 valence electrons. The summed E-state index contributed by atoms with van der Waals surface area (Å²) < 4.78 is 0. The van der Waals surface area contributed by atoms with Crippen LogP contribution in [0.4, 0.5) is 5.95 Å². The fraction of sp³-hybridized carbons (Fsp3) is 0.143. The molecule has 11 heavy (non-hydrogen) atoms. The molecule has 4 heteroatoms. The molecule has 3 N–H and O–H groups in total. The van der Waals surface area contributed by atoms with E-state index in [1.165, 1.54) is 0 Å². The summed E-state index contributed by atoms with van der Waals surface area (Å²) in [5.41, 5.74) is 7.40. The van der Waals surface area contributed by atoms with Crippen molar-refractivity contribution in [3.05, 3.63) is 23.7 Å². The van der Waals surface area contributed by atoms with Gasteiger partial charge in [0, 0.05) is 18.3 Å². The number of nitrogens with zero attached hydrogens (tertiary/aromatic N) is 2. The summed E-state index contributed by atoms with van der Waals surface area (Å²) in [5, 5.41) is 3.06. The summed E-state index contributed by atoms with van der Waals surface area (Å²) in [6, 6.07) is 0. The van der Waals surface area contributed by atoms with E-state index in [9.17, 15) is 0 Å². The summed E-state index contributed by atoms with van der Waals surface area (Å²) in [5.74, 6) is 0.329. The molecule has 0 unspecified atom stereocenters. The Morgan fingerprint density at radius 1 is 1.55 bits per heavy atom. The molecule has 0 aliphatic carbocycles. The quantitative estimate of drug-likeness (QED) is 0.549. The molecule has 2 heterocycles. The molecule has 1 aromatic heterocycles. The molecule has 0 bridgehead atoms. The molecular weight excluding hydrogens is 140 g/mol. The zero-order valence-corrected chi connectivity index (χ0v) is 5.91. The highest BCUT2D eigenvalue weighted by Gasteiger charge is 2.04. The maximum absolute atomic E-state index is 5.41. The normalized spacial score (nSPS) is 13.8. The van der Waals surface area contributed by atoms with Crippen molar-refractivity contribution in [2.75, 3.05) is 5.73 Å². The average Bonchev–Trinajstić information content (AvgIpc) is 2.04. The standard InChI is InChI=1S/C7H8N4/c8-7-10-4-5-3-9-2-1-6(5)11-7/h1-2,4,9H,3H2,(H2,8,10,11). The summed E-state index contributed by atoms with van der Waals surface area (Å²) in [7, 11) is 0. The first kappa shape index (κ1) is 6.15. The molecule has 4 nitrogen and oxygen atoms in total. The van der Waals surface area contributed by atoms with Crippen molar-refractivity contribution in [1.29, 1.82) is 0 Å². The molecule has 0 radical (unpaired) electrons.